The number of aryl methyl sites for hydroxylation is 1. The molecule has 24 heavy (non-hydrogen) atoms. The molecule has 0 saturated heterocycles. The van der Waals surface area contributed by atoms with Gasteiger partial charge in [-0.15, -0.1) is 0 Å². The Morgan fingerprint density at radius 1 is 1.12 bits per heavy atom. The van der Waals surface area contributed by atoms with Gasteiger partial charge in [-0.25, -0.2) is 8.42 Å². The number of aliphatic carboxylic acids is 1. The fourth-order valence-corrected chi connectivity index (χ4v) is 5.45. The zero-order valence-electron chi connectivity index (χ0n) is 12.9. The summed E-state index contributed by atoms with van der Waals surface area (Å²) in [6.45, 7) is 1.88. The van der Waals surface area contributed by atoms with Gasteiger partial charge < -0.3 is 5.11 Å². The molecular weight excluding hydrogens is 326 g/mol. The average molecular weight is 341 g/mol. The Kier molecular flexibility index (Phi) is 3.69. The molecule has 5 nitrogen and oxygen atoms in total. The van der Waals surface area contributed by atoms with E-state index < -0.39 is 32.4 Å². The number of sulfone groups is 1. The maximum Gasteiger partial charge on any atom is 0.326 e. The SMILES string of the molecule is Cc1ccc(C2C(S(=O)(=O)c3ccccc3)C2(C#N)C(=O)O)cc1. The number of carbonyl (C=O) groups is 1. The van der Waals surface area contributed by atoms with Crippen molar-refractivity contribution in [1.82, 2.24) is 0 Å². The molecular formula is C18H15NO4S. The van der Waals surface area contributed by atoms with Crippen molar-refractivity contribution in [3.05, 3.63) is 65.7 Å². The van der Waals surface area contributed by atoms with Gasteiger partial charge in [-0.1, -0.05) is 48.0 Å². The number of rotatable bonds is 4. The van der Waals surface area contributed by atoms with Crippen LogP contribution < -0.4 is 0 Å². The van der Waals surface area contributed by atoms with Crippen molar-refractivity contribution in [3.63, 3.8) is 0 Å². The average Bonchev–Trinajstić information content (AvgIpc) is 3.28. The maximum absolute atomic E-state index is 12.9. The number of carboxylic acid groups (broad SMARTS) is 1. The highest BCUT2D eigenvalue weighted by atomic mass is 32.2. The second kappa shape index (κ2) is 5.46. The van der Waals surface area contributed by atoms with Gasteiger partial charge in [0.2, 0.25) is 0 Å². The van der Waals surface area contributed by atoms with Gasteiger partial charge in [0, 0.05) is 5.92 Å². The molecule has 1 saturated carbocycles. The van der Waals surface area contributed by atoms with E-state index in [1.54, 1.807) is 48.5 Å². The summed E-state index contributed by atoms with van der Waals surface area (Å²) in [6.07, 6.45) is 0. The lowest BCUT2D eigenvalue weighted by Crippen LogP contribution is -2.22. The number of nitriles is 1. The van der Waals surface area contributed by atoms with Crippen molar-refractivity contribution >= 4 is 15.8 Å². The van der Waals surface area contributed by atoms with E-state index in [0.717, 1.165) is 5.56 Å². The molecule has 0 aromatic heterocycles. The number of benzene rings is 2. The lowest BCUT2D eigenvalue weighted by Gasteiger charge is -2.04. The van der Waals surface area contributed by atoms with Crippen molar-refractivity contribution in [1.29, 1.82) is 5.26 Å². The molecule has 0 spiro atoms. The predicted octanol–water partition coefficient (Wildman–Crippen LogP) is 2.53. The van der Waals surface area contributed by atoms with E-state index in [0.29, 0.717) is 5.56 Å². The standard InChI is InChI=1S/C18H15NO4S/c1-12-7-9-13(10-8-12)15-16(18(15,11-19)17(20)21)24(22,23)14-5-3-2-4-6-14/h2-10,15-16H,1H3,(H,20,21). The van der Waals surface area contributed by atoms with Crippen LogP contribution in [0.3, 0.4) is 0 Å². The summed E-state index contributed by atoms with van der Waals surface area (Å²) < 4.78 is 25.8. The minimum atomic E-state index is -3.94. The van der Waals surface area contributed by atoms with Crippen LogP contribution in [-0.2, 0) is 14.6 Å². The van der Waals surface area contributed by atoms with Gasteiger partial charge in [-0.2, -0.15) is 5.26 Å². The van der Waals surface area contributed by atoms with Gasteiger partial charge in [0.25, 0.3) is 0 Å². The van der Waals surface area contributed by atoms with E-state index >= 15 is 0 Å². The molecule has 6 heteroatoms. The molecule has 3 unspecified atom stereocenters. The Hall–Kier alpha value is -2.65. The van der Waals surface area contributed by atoms with Crippen LogP contribution in [0.1, 0.15) is 17.0 Å². The Labute approximate surface area is 140 Å². The lowest BCUT2D eigenvalue weighted by atomic mass is 10.00. The summed E-state index contributed by atoms with van der Waals surface area (Å²) >= 11 is 0. The monoisotopic (exact) mass is 341 g/mol. The van der Waals surface area contributed by atoms with Gasteiger partial charge in [0.05, 0.1) is 11.0 Å². The number of nitrogens with zero attached hydrogens (tertiary/aromatic N) is 1. The first-order valence-electron chi connectivity index (χ1n) is 7.36. The van der Waals surface area contributed by atoms with Crippen LogP contribution in [0.25, 0.3) is 0 Å². The van der Waals surface area contributed by atoms with E-state index in [1.807, 2.05) is 6.92 Å². The second-order valence-electron chi connectivity index (χ2n) is 5.95. The van der Waals surface area contributed by atoms with Crippen LogP contribution >= 0.6 is 0 Å². The van der Waals surface area contributed by atoms with Crippen LogP contribution in [0.4, 0.5) is 0 Å². The number of carboxylic acids is 1. The molecule has 2 aromatic rings. The quantitative estimate of drug-likeness (QED) is 0.922. The van der Waals surface area contributed by atoms with E-state index in [2.05, 4.69) is 0 Å². The third kappa shape index (κ3) is 2.21. The topological polar surface area (TPSA) is 95.2 Å². The molecule has 1 N–H and O–H groups in total. The zero-order valence-corrected chi connectivity index (χ0v) is 13.7. The highest BCUT2D eigenvalue weighted by Gasteiger charge is 2.77. The Morgan fingerprint density at radius 2 is 1.71 bits per heavy atom. The van der Waals surface area contributed by atoms with Gasteiger partial charge >= 0.3 is 5.97 Å². The molecule has 0 heterocycles. The first-order valence-corrected chi connectivity index (χ1v) is 8.90. The second-order valence-corrected chi connectivity index (χ2v) is 8.02. The van der Waals surface area contributed by atoms with E-state index in [9.17, 15) is 23.6 Å². The largest absolute Gasteiger partial charge is 0.480 e. The first kappa shape index (κ1) is 16.2. The van der Waals surface area contributed by atoms with Crippen molar-refractivity contribution in [3.8, 4) is 6.07 Å². The van der Waals surface area contributed by atoms with Crippen LogP contribution in [0.2, 0.25) is 0 Å². The molecule has 0 aliphatic heterocycles. The Morgan fingerprint density at radius 3 is 2.21 bits per heavy atom. The maximum atomic E-state index is 12.9. The van der Waals surface area contributed by atoms with Gasteiger partial charge in [-0.3, -0.25) is 4.79 Å². The highest BCUT2D eigenvalue weighted by Crippen LogP contribution is 2.63. The zero-order chi connectivity index (χ0) is 17.5. The van der Waals surface area contributed by atoms with Crippen LogP contribution in [0.15, 0.2) is 59.5 Å². The fourth-order valence-electron chi connectivity index (χ4n) is 3.18. The van der Waals surface area contributed by atoms with Crippen molar-refractivity contribution < 1.29 is 18.3 Å². The molecule has 122 valence electrons. The minimum absolute atomic E-state index is 0.0329. The van der Waals surface area contributed by atoms with E-state index in [4.69, 9.17) is 0 Å². The first-order chi connectivity index (χ1) is 11.4. The van der Waals surface area contributed by atoms with Crippen molar-refractivity contribution in [2.45, 2.75) is 23.0 Å². The third-order valence-corrected chi connectivity index (χ3v) is 6.76. The molecule has 0 bridgehead atoms. The summed E-state index contributed by atoms with van der Waals surface area (Å²) in [4.78, 5) is 11.8. The molecule has 3 rings (SSSR count). The normalized spacial score (nSPS) is 25.7. The predicted molar refractivity (Wildman–Crippen MR) is 87.0 cm³/mol. The van der Waals surface area contributed by atoms with Gasteiger partial charge in [-0.05, 0) is 24.6 Å². The highest BCUT2D eigenvalue weighted by molar-refractivity contribution is 7.92. The van der Waals surface area contributed by atoms with Gasteiger partial charge in [0.1, 0.15) is 5.25 Å². The summed E-state index contributed by atoms with van der Waals surface area (Å²) in [5.74, 6) is -2.29. The third-order valence-electron chi connectivity index (χ3n) is 4.51. The number of hydrogen-bond acceptors (Lipinski definition) is 4. The van der Waals surface area contributed by atoms with Crippen molar-refractivity contribution in [2.24, 2.45) is 5.41 Å². The lowest BCUT2D eigenvalue weighted by molar-refractivity contribution is -0.141. The summed E-state index contributed by atoms with van der Waals surface area (Å²) in [7, 11) is -3.94. The summed E-state index contributed by atoms with van der Waals surface area (Å²) in [5.41, 5.74) is -0.432. The number of hydrogen-bond donors (Lipinski definition) is 1. The molecule has 0 radical (unpaired) electrons. The van der Waals surface area contributed by atoms with E-state index in [1.165, 1.54) is 12.1 Å². The molecule has 1 aliphatic rings. The van der Waals surface area contributed by atoms with E-state index in [-0.39, 0.29) is 4.90 Å². The summed E-state index contributed by atoms with van der Waals surface area (Å²) in [6, 6.07) is 16.4. The Bertz CT molecular complexity index is 929. The Balaban J connectivity index is 2.13. The van der Waals surface area contributed by atoms with Gasteiger partial charge in [0.15, 0.2) is 15.3 Å². The minimum Gasteiger partial charge on any atom is -0.480 e. The molecule has 1 fully saturated rings. The summed E-state index contributed by atoms with van der Waals surface area (Å²) in [5, 5.41) is 17.8. The molecule has 3 atom stereocenters. The van der Waals surface area contributed by atoms with Crippen LogP contribution in [-0.4, -0.2) is 24.7 Å². The fraction of sp³-hybridized carbons (Fsp3) is 0.222. The molecule has 2 aromatic carbocycles. The smallest absolute Gasteiger partial charge is 0.326 e. The van der Waals surface area contributed by atoms with Crippen molar-refractivity contribution in [2.75, 3.05) is 0 Å². The molecule has 0 amide bonds. The van der Waals surface area contributed by atoms with Crippen LogP contribution in [0.5, 0.6) is 0 Å². The molecule has 1 aliphatic carbocycles. The van der Waals surface area contributed by atoms with Crippen LogP contribution in [0, 0.1) is 23.7 Å².